The smallest absolute Gasteiger partial charge is 0.320 e. The van der Waals surface area contributed by atoms with Crippen LogP contribution in [-0.2, 0) is 107 Å². The number of carboxylic acids is 4. The number of aromatic nitrogens is 4. The monoisotopic (exact) mass is 2120 g/mol. The molecule has 45 nitrogen and oxygen atoms in total. The molecule has 2 unspecified atom stereocenters. The van der Waals surface area contributed by atoms with Gasteiger partial charge in [-0.1, -0.05) is 25.1 Å². The molecule has 5 aliphatic rings. The van der Waals surface area contributed by atoms with Crippen LogP contribution in [0.5, 0.6) is 11.5 Å². The standard InChI is InChI=1S/C98H127N17O28S4/c1-97(2)77-58-73(146(136,137)138)28-31-81(77)114(84(97)34-20-66-15-12-16-67(93(66)143-70-23-26-72(27-24-70)145(133,134)135)21-35-85-98(3,4)78-59-74(147(139,140)141)29-32-82(78)115(85)45-10-11-56-144(130,131)132)44-8-5-6-19-88(118)105-80(95(127)103-42-41-102-87(117)37-33-83(96(128)129)111-53-51-109(64-91(122)123)49-47-108(63-90(120)121)48-50-110(52-54-111)65-92(124)125)18-7-9-43-112-62-68(106-107-112)22-36-86(116)101-39-14-55-142-71-25-30-79-76(57-71)75(38-40-100-79)94(126)104-61-89(119)113-46-13-17-69(113)60-99/h20-21,23-32,34-35,38,40,57-59,62,69,80,83H,5-19,22,33,36-37,39,41-56,61,63-65H2,1-4H3,(H12-,101,102,103,104,105,116,117,118,120,121,122,123,124,125,126,127,128,129,130,131,132,133,134,135,136,137,138,139,140,141)/t69?,80-,83?/m0/s1. The molecule has 2 aromatic heterocycles. The molecule has 4 aliphatic heterocycles. The van der Waals surface area contributed by atoms with E-state index in [-0.39, 0.29) is 178 Å². The molecule has 6 amide bonds. The summed E-state index contributed by atoms with van der Waals surface area (Å²) in [6.07, 6.45) is 15.7. The number of nitrogens with zero attached hydrogens (tertiary/aromatic N) is 12. The number of hydrogen-bond donors (Lipinski definition) is 12. The van der Waals surface area contributed by atoms with Crippen molar-refractivity contribution in [2.45, 2.75) is 200 Å². The van der Waals surface area contributed by atoms with Gasteiger partial charge in [-0.05, 0) is 211 Å². The molecular formula is C98H127N17O28S4. The summed E-state index contributed by atoms with van der Waals surface area (Å²) in [6, 6.07) is 19.1. The highest BCUT2D eigenvalue weighted by molar-refractivity contribution is 7.86. The molecule has 0 saturated carbocycles. The molecule has 11 rings (SSSR count). The summed E-state index contributed by atoms with van der Waals surface area (Å²) in [7, 11) is -18.6. The quantitative estimate of drug-likeness (QED) is 0.0126. The van der Waals surface area contributed by atoms with E-state index in [1.165, 1.54) is 68.3 Å². The van der Waals surface area contributed by atoms with E-state index in [2.05, 4.69) is 47.9 Å². The number of likely N-dealkylation sites (tertiary alicyclic amines) is 1. The molecule has 2 fully saturated rings. The van der Waals surface area contributed by atoms with E-state index in [0.717, 1.165) is 12.1 Å². The SMILES string of the molecule is CC1(C)C(=CC=C2CCCC(C=CC3=[N+](CCCCCC(=O)N[C@@H](CCCCn4cc(CCC(=O)NCCCOc5ccc6nccc(C(=O)NCC(=O)N7CCCC7C#N)c6c5)nn4)C(=O)NCCNC(=O)CCC(C(=O)O)N4CCN(CC(=O)O)CCN(CC(=O)O)CCN(CC(=O)O)CC4)c4ccc(S(=O)(=O)[O-])cc4C3(C)C)=C2Oc2ccc(S(=O)(=O)O)cc2)N(CCCCS(=O)(=O)O)c2ccc(S(=O)(=O)O)cc21. The van der Waals surface area contributed by atoms with Crippen LogP contribution in [0.2, 0.25) is 0 Å². The van der Waals surface area contributed by atoms with Crippen LogP contribution in [0.1, 0.15) is 170 Å². The van der Waals surface area contributed by atoms with E-state index in [1.807, 2.05) is 61.5 Å². The fourth-order valence-electron chi connectivity index (χ4n) is 18.6. The Morgan fingerprint density at radius 2 is 1.24 bits per heavy atom. The first kappa shape index (κ1) is 114. The van der Waals surface area contributed by atoms with Gasteiger partial charge in [0.1, 0.15) is 52.0 Å². The minimum atomic E-state index is -4.97. The third kappa shape index (κ3) is 33.3. The highest BCUT2D eigenvalue weighted by Crippen LogP contribution is 2.50. The molecule has 2 saturated heterocycles. The Morgan fingerprint density at radius 1 is 0.612 bits per heavy atom. The lowest BCUT2D eigenvalue weighted by molar-refractivity contribution is -0.438. The predicted molar refractivity (Wildman–Crippen MR) is 533 cm³/mol. The Hall–Kier alpha value is -12.9. The minimum absolute atomic E-state index is 0.0219. The molecule has 49 heteroatoms. The molecule has 0 radical (unpaired) electrons. The predicted octanol–water partition coefficient (Wildman–Crippen LogP) is 5.57. The fourth-order valence-corrected chi connectivity index (χ4v) is 20.7. The Morgan fingerprint density at radius 3 is 1.90 bits per heavy atom. The molecule has 147 heavy (non-hydrogen) atoms. The number of carbonyl (C=O) groups is 10. The first-order valence-electron chi connectivity index (χ1n) is 48.6. The average Bonchev–Trinajstić information content (AvgIpc) is 1.58. The second kappa shape index (κ2) is 52.1. The first-order valence-corrected chi connectivity index (χ1v) is 54.5. The van der Waals surface area contributed by atoms with E-state index >= 15 is 0 Å². The summed E-state index contributed by atoms with van der Waals surface area (Å²) < 4.78 is 157. The van der Waals surface area contributed by atoms with Gasteiger partial charge in [-0.15, -0.1) is 5.10 Å². The van der Waals surface area contributed by atoms with Crippen LogP contribution >= 0.6 is 0 Å². The molecule has 3 atom stereocenters. The zero-order valence-corrected chi connectivity index (χ0v) is 85.5. The van der Waals surface area contributed by atoms with E-state index in [9.17, 15) is 126 Å². The number of pyridine rings is 1. The maximum atomic E-state index is 14.3. The van der Waals surface area contributed by atoms with Crippen molar-refractivity contribution in [1.82, 2.24) is 71.1 Å². The first-order chi connectivity index (χ1) is 69.6. The number of unbranched alkanes of at least 4 members (excludes halogenated alkanes) is 4. The normalized spacial score (nSPS) is 17.7. The zero-order valence-electron chi connectivity index (χ0n) is 82.3. The topological polar surface area (TPSA) is 640 Å². The Labute approximate surface area is 852 Å². The summed E-state index contributed by atoms with van der Waals surface area (Å²) in [6.45, 7) is 7.68. The van der Waals surface area contributed by atoms with Crippen molar-refractivity contribution in [1.29, 1.82) is 5.26 Å². The van der Waals surface area contributed by atoms with Gasteiger partial charge in [-0.25, -0.2) is 8.42 Å². The van der Waals surface area contributed by atoms with E-state index < -0.39 is 152 Å². The van der Waals surface area contributed by atoms with Gasteiger partial charge in [0.05, 0.1) is 81.5 Å². The number of carbonyl (C=O) groups excluding carboxylic acids is 6. The third-order valence-corrected chi connectivity index (χ3v) is 29.7. The van der Waals surface area contributed by atoms with Gasteiger partial charge < -0.3 is 70.8 Å². The highest BCUT2D eigenvalue weighted by atomic mass is 32.2. The van der Waals surface area contributed by atoms with Crippen molar-refractivity contribution in [2.75, 3.05) is 135 Å². The van der Waals surface area contributed by atoms with Crippen molar-refractivity contribution in [3.05, 3.63) is 167 Å². The molecule has 0 bridgehead atoms. The van der Waals surface area contributed by atoms with E-state index in [0.29, 0.717) is 157 Å². The van der Waals surface area contributed by atoms with Crippen LogP contribution < -0.4 is 41.0 Å². The van der Waals surface area contributed by atoms with Crippen LogP contribution in [0.3, 0.4) is 0 Å². The molecular weight excluding hydrogens is 1990 g/mol. The molecule has 6 aromatic rings. The van der Waals surface area contributed by atoms with Gasteiger partial charge in [-0.2, -0.15) is 35.1 Å². The number of aryl methyl sites for hydroxylation is 2. The van der Waals surface area contributed by atoms with Gasteiger partial charge in [0, 0.05) is 176 Å². The van der Waals surface area contributed by atoms with Crippen molar-refractivity contribution in [3.63, 3.8) is 0 Å². The summed E-state index contributed by atoms with van der Waals surface area (Å²) >= 11 is 0. The van der Waals surface area contributed by atoms with Gasteiger partial charge >= 0.3 is 23.9 Å². The number of aliphatic carboxylic acids is 4. The van der Waals surface area contributed by atoms with Crippen molar-refractivity contribution in [2.24, 2.45) is 0 Å². The van der Waals surface area contributed by atoms with Crippen molar-refractivity contribution in [3.8, 4) is 17.6 Å². The number of nitrogens with one attached hydrogen (secondary N) is 5. The van der Waals surface area contributed by atoms with Crippen LogP contribution in [0.4, 0.5) is 11.4 Å². The van der Waals surface area contributed by atoms with Crippen molar-refractivity contribution >= 4 is 128 Å². The molecule has 0 spiro atoms. The number of amides is 6. The number of fused-ring (bicyclic) bond motifs is 3. The maximum absolute atomic E-state index is 14.3. The molecule has 6 heterocycles. The van der Waals surface area contributed by atoms with Gasteiger partial charge in [0.2, 0.25) is 35.2 Å². The number of nitriles is 1. The van der Waals surface area contributed by atoms with Gasteiger partial charge in [-0.3, -0.25) is 90.9 Å². The average molecular weight is 2120 g/mol. The third-order valence-electron chi connectivity index (χ3n) is 26.4. The number of ether oxygens (including phenoxy) is 2. The lowest BCUT2D eigenvalue weighted by atomic mass is 9.81. The number of carboxylic acid groups (broad SMARTS) is 4. The van der Waals surface area contributed by atoms with Gasteiger partial charge in [0.15, 0.2) is 5.71 Å². The van der Waals surface area contributed by atoms with E-state index in [4.69, 9.17) is 9.47 Å². The summed E-state index contributed by atoms with van der Waals surface area (Å²) in [5, 5.41) is 72.1. The Bertz CT molecular complexity index is 6510. The van der Waals surface area contributed by atoms with Crippen LogP contribution in [0.15, 0.2) is 159 Å². The van der Waals surface area contributed by atoms with Crippen LogP contribution in [-0.4, -0.2) is 335 Å². The maximum Gasteiger partial charge on any atom is 0.320 e. The second-order valence-corrected chi connectivity index (χ2v) is 43.5. The number of anilines is 1. The van der Waals surface area contributed by atoms with Gasteiger partial charge in [0.25, 0.3) is 36.3 Å². The Kier molecular flexibility index (Phi) is 40.6. The lowest BCUT2D eigenvalue weighted by Crippen LogP contribution is -2.52. The fraction of sp³-hybridized carbons (Fsp3) is 0.500. The molecule has 1 aliphatic carbocycles. The molecule has 4 aromatic carbocycles. The summed E-state index contributed by atoms with van der Waals surface area (Å²) in [5.41, 5.74) is 4.09. The summed E-state index contributed by atoms with van der Waals surface area (Å²) in [5.74, 6) is -7.15. The number of rotatable bonds is 51. The molecule has 796 valence electrons. The Balaban J connectivity index is 0.753. The minimum Gasteiger partial charge on any atom is -0.744 e. The van der Waals surface area contributed by atoms with Crippen LogP contribution in [0.25, 0.3) is 10.9 Å². The zero-order chi connectivity index (χ0) is 107. The largest absolute Gasteiger partial charge is 0.744 e. The second-order valence-electron chi connectivity index (χ2n) is 37.7. The molecule has 12 N–H and O–H groups in total. The van der Waals surface area contributed by atoms with E-state index in [1.54, 1.807) is 46.1 Å². The summed E-state index contributed by atoms with van der Waals surface area (Å²) in [4.78, 5) is 143. The number of hydrogen-bond acceptors (Lipinski definition) is 30. The van der Waals surface area contributed by atoms with Crippen LogP contribution in [0, 0.1) is 11.3 Å². The number of benzene rings is 4. The number of allylic oxidation sites excluding steroid dienone is 7. The highest BCUT2D eigenvalue weighted by Gasteiger charge is 2.46. The van der Waals surface area contributed by atoms with Crippen molar-refractivity contribution < 1.29 is 134 Å². The lowest BCUT2D eigenvalue weighted by Gasteiger charge is -2.35.